The number of aromatic nitrogens is 2. The van der Waals surface area contributed by atoms with Crippen LogP contribution in [0.1, 0.15) is 25.1 Å². The Hall–Kier alpha value is -3.04. The lowest BCUT2D eigenvalue weighted by atomic mass is 10.0. The molecule has 0 aliphatic rings. The first-order valence-electron chi connectivity index (χ1n) is 10.7. The van der Waals surface area contributed by atoms with Crippen LogP contribution in [0.5, 0.6) is 0 Å². The van der Waals surface area contributed by atoms with Gasteiger partial charge in [0.1, 0.15) is 17.2 Å². The maximum atomic E-state index is 14.9. The smallest absolute Gasteiger partial charge is 0.175 e. The second-order valence-corrected chi connectivity index (χ2v) is 11.1. The highest BCUT2D eigenvalue weighted by molar-refractivity contribution is 7.90. The van der Waals surface area contributed by atoms with Crippen molar-refractivity contribution >= 4 is 21.4 Å². The molecule has 0 aliphatic heterocycles. The second kappa shape index (κ2) is 9.20. The van der Waals surface area contributed by atoms with Crippen LogP contribution in [0.15, 0.2) is 71.8 Å². The van der Waals surface area contributed by atoms with Gasteiger partial charge in [-0.05, 0) is 49.2 Å². The SMILES string of the molecule is CC(C)(O)c1cn(-c2ccccc2-c2ccc(CO)c(S(C)(=O)=O)c2)c(-c2c(F)cccc2Cl)n1. The summed E-state index contributed by atoms with van der Waals surface area (Å²) < 4.78 is 41.3. The molecule has 1 aromatic heterocycles. The van der Waals surface area contributed by atoms with Crippen molar-refractivity contribution in [3.8, 4) is 28.2 Å². The molecule has 0 spiro atoms. The molecule has 2 N–H and O–H groups in total. The molecule has 0 bridgehead atoms. The normalized spacial score (nSPS) is 12.2. The van der Waals surface area contributed by atoms with Crippen LogP contribution in [0.3, 0.4) is 0 Å². The number of aliphatic hydroxyl groups is 2. The summed E-state index contributed by atoms with van der Waals surface area (Å²) in [5.74, 6) is -0.385. The van der Waals surface area contributed by atoms with E-state index in [1.807, 2.05) is 0 Å². The molecule has 4 rings (SSSR count). The van der Waals surface area contributed by atoms with Gasteiger partial charge in [-0.1, -0.05) is 48.0 Å². The van der Waals surface area contributed by atoms with Crippen molar-refractivity contribution < 1.29 is 23.0 Å². The number of imidazole rings is 1. The molecule has 9 heteroatoms. The van der Waals surface area contributed by atoms with E-state index in [-0.39, 0.29) is 21.3 Å². The zero-order valence-corrected chi connectivity index (χ0v) is 20.9. The van der Waals surface area contributed by atoms with Crippen molar-refractivity contribution in [2.24, 2.45) is 0 Å². The van der Waals surface area contributed by atoms with Gasteiger partial charge in [-0.15, -0.1) is 0 Å². The van der Waals surface area contributed by atoms with E-state index in [9.17, 15) is 23.0 Å². The van der Waals surface area contributed by atoms with E-state index in [4.69, 9.17) is 11.6 Å². The number of benzene rings is 3. The average molecular weight is 515 g/mol. The minimum atomic E-state index is -3.61. The molecule has 0 unspecified atom stereocenters. The van der Waals surface area contributed by atoms with Gasteiger partial charge in [0.15, 0.2) is 9.84 Å². The second-order valence-electron chi connectivity index (χ2n) is 8.75. The predicted octanol–water partition coefficient (Wildman–Crippen LogP) is 5.12. The van der Waals surface area contributed by atoms with Crippen LogP contribution in [0.4, 0.5) is 4.39 Å². The van der Waals surface area contributed by atoms with Crippen molar-refractivity contribution in [1.29, 1.82) is 0 Å². The first-order valence-corrected chi connectivity index (χ1v) is 13.0. The predicted molar refractivity (Wildman–Crippen MR) is 134 cm³/mol. The van der Waals surface area contributed by atoms with Crippen LogP contribution in [-0.4, -0.2) is 34.4 Å². The van der Waals surface area contributed by atoms with Gasteiger partial charge in [0.05, 0.1) is 33.5 Å². The first-order chi connectivity index (χ1) is 16.4. The fourth-order valence-corrected chi connectivity index (χ4v) is 5.07. The molecule has 0 amide bonds. The van der Waals surface area contributed by atoms with Crippen molar-refractivity contribution in [2.45, 2.75) is 31.0 Å². The molecular formula is C26H24ClFN2O4S. The standard InChI is InChI=1S/C26H24ClFN2O4S/c1-26(2,32)23-14-30(25(29-23)24-19(27)8-6-9-20(24)28)21-10-5-4-7-18(21)16-11-12-17(15-31)22(13-16)35(3,33)34/h4-14,31-32H,15H2,1-3H3. The lowest BCUT2D eigenvalue weighted by molar-refractivity contribution is 0.0743. The van der Waals surface area contributed by atoms with Crippen molar-refractivity contribution in [1.82, 2.24) is 9.55 Å². The molecule has 0 saturated heterocycles. The molecule has 3 aromatic carbocycles. The Morgan fingerprint density at radius 3 is 2.43 bits per heavy atom. The van der Waals surface area contributed by atoms with Gasteiger partial charge >= 0.3 is 0 Å². The largest absolute Gasteiger partial charge is 0.392 e. The molecule has 0 saturated carbocycles. The summed E-state index contributed by atoms with van der Waals surface area (Å²) in [5, 5.41) is 20.4. The summed E-state index contributed by atoms with van der Waals surface area (Å²) in [5.41, 5.74) is 1.12. The number of nitrogens with zero attached hydrogens (tertiary/aromatic N) is 2. The molecular weight excluding hydrogens is 491 g/mol. The van der Waals surface area contributed by atoms with Gasteiger partial charge in [-0.2, -0.15) is 0 Å². The van der Waals surface area contributed by atoms with Gasteiger partial charge in [0, 0.05) is 18.0 Å². The molecule has 4 aromatic rings. The van der Waals surface area contributed by atoms with Crippen LogP contribution in [0.2, 0.25) is 5.02 Å². The van der Waals surface area contributed by atoms with Crippen LogP contribution in [-0.2, 0) is 22.0 Å². The van der Waals surface area contributed by atoms with E-state index < -0.39 is 27.9 Å². The Labute approximate surface area is 208 Å². The highest BCUT2D eigenvalue weighted by Gasteiger charge is 2.26. The number of rotatable bonds is 6. The number of hydrogen-bond acceptors (Lipinski definition) is 5. The van der Waals surface area contributed by atoms with Crippen LogP contribution >= 0.6 is 11.6 Å². The zero-order valence-electron chi connectivity index (χ0n) is 19.3. The van der Waals surface area contributed by atoms with E-state index >= 15 is 0 Å². The van der Waals surface area contributed by atoms with E-state index in [2.05, 4.69) is 4.98 Å². The van der Waals surface area contributed by atoms with Gasteiger partial charge in [-0.3, -0.25) is 4.57 Å². The van der Waals surface area contributed by atoms with E-state index in [0.717, 1.165) is 6.26 Å². The topological polar surface area (TPSA) is 92.4 Å². The molecule has 0 aliphatic carbocycles. The first kappa shape index (κ1) is 25.1. The minimum Gasteiger partial charge on any atom is -0.392 e. The van der Waals surface area contributed by atoms with E-state index in [0.29, 0.717) is 28.1 Å². The third-order valence-corrected chi connectivity index (χ3v) is 7.12. The monoisotopic (exact) mass is 514 g/mol. The third kappa shape index (κ3) is 4.88. The minimum absolute atomic E-state index is 0.0208. The number of aliphatic hydroxyl groups excluding tert-OH is 1. The number of sulfone groups is 1. The molecule has 182 valence electrons. The zero-order chi connectivity index (χ0) is 25.5. The third-order valence-electron chi connectivity index (χ3n) is 5.63. The van der Waals surface area contributed by atoms with Crippen molar-refractivity contribution in [3.05, 3.63) is 89.0 Å². The fourth-order valence-electron chi connectivity index (χ4n) is 3.87. The molecule has 0 radical (unpaired) electrons. The summed E-state index contributed by atoms with van der Waals surface area (Å²) in [6.45, 7) is 2.73. The highest BCUT2D eigenvalue weighted by atomic mass is 35.5. The van der Waals surface area contributed by atoms with Crippen molar-refractivity contribution in [3.63, 3.8) is 0 Å². The molecule has 0 fully saturated rings. The number of hydrogen-bond donors (Lipinski definition) is 2. The molecule has 6 nitrogen and oxygen atoms in total. The van der Waals surface area contributed by atoms with E-state index in [1.54, 1.807) is 67.1 Å². The van der Waals surface area contributed by atoms with Gasteiger partial charge in [-0.25, -0.2) is 17.8 Å². The lowest BCUT2D eigenvalue weighted by Gasteiger charge is -2.16. The summed E-state index contributed by atoms with van der Waals surface area (Å²) in [4.78, 5) is 4.55. The maximum Gasteiger partial charge on any atom is 0.175 e. The summed E-state index contributed by atoms with van der Waals surface area (Å²) in [6.07, 6.45) is 2.69. The quantitative estimate of drug-likeness (QED) is 0.372. The Kier molecular flexibility index (Phi) is 6.59. The molecule has 35 heavy (non-hydrogen) atoms. The van der Waals surface area contributed by atoms with Crippen LogP contribution < -0.4 is 0 Å². The van der Waals surface area contributed by atoms with Crippen molar-refractivity contribution in [2.75, 3.05) is 6.26 Å². The van der Waals surface area contributed by atoms with Gasteiger partial charge in [0.2, 0.25) is 0 Å². The summed E-state index contributed by atoms with van der Waals surface area (Å²) >= 11 is 6.36. The number of para-hydroxylation sites is 1. The van der Waals surface area contributed by atoms with E-state index in [1.165, 1.54) is 18.2 Å². The van der Waals surface area contributed by atoms with Crippen LogP contribution in [0, 0.1) is 5.82 Å². The Balaban J connectivity index is 2.02. The Morgan fingerprint density at radius 1 is 1.09 bits per heavy atom. The molecule has 1 heterocycles. The summed E-state index contributed by atoms with van der Waals surface area (Å²) in [6, 6.07) is 16.3. The number of halogens is 2. The lowest BCUT2D eigenvalue weighted by Crippen LogP contribution is -2.15. The molecule has 0 atom stereocenters. The summed E-state index contributed by atoms with van der Waals surface area (Å²) in [7, 11) is -3.61. The van der Waals surface area contributed by atoms with Gasteiger partial charge < -0.3 is 10.2 Å². The highest BCUT2D eigenvalue weighted by Crippen LogP contribution is 2.37. The Morgan fingerprint density at radius 2 is 1.80 bits per heavy atom. The van der Waals surface area contributed by atoms with Crippen LogP contribution in [0.25, 0.3) is 28.2 Å². The van der Waals surface area contributed by atoms with Gasteiger partial charge in [0.25, 0.3) is 0 Å². The fraction of sp³-hybridized carbons (Fsp3) is 0.192. The maximum absolute atomic E-state index is 14.9. The average Bonchev–Trinajstić information content (AvgIpc) is 3.23. The Bertz CT molecular complexity index is 1500.